The fourth-order valence-corrected chi connectivity index (χ4v) is 1.55. The Morgan fingerprint density at radius 2 is 2.24 bits per heavy atom. The lowest BCUT2D eigenvalue weighted by molar-refractivity contribution is 0.0994. The first-order valence-electron chi connectivity index (χ1n) is 5.23. The maximum absolute atomic E-state index is 12.9. The van der Waals surface area contributed by atoms with Crippen LogP contribution in [0.4, 0.5) is 4.39 Å². The van der Waals surface area contributed by atoms with E-state index in [1.54, 1.807) is 23.0 Å². The van der Waals surface area contributed by atoms with E-state index in [0.29, 0.717) is 13.0 Å². The first-order valence-corrected chi connectivity index (χ1v) is 5.23. The maximum Gasteiger partial charge on any atom is 0.269 e. The van der Waals surface area contributed by atoms with Gasteiger partial charge >= 0.3 is 0 Å². The van der Waals surface area contributed by atoms with Crippen LogP contribution in [0.25, 0.3) is 0 Å². The molecule has 5 heteroatoms. The Kier molecular flexibility index (Phi) is 3.18. The summed E-state index contributed by atoms with van der Waals surface area (Å²) in [6, 6.07) is 7.97. The largest absolute Gasteiger partial charge is 0.364 e. The van der Waals surface area contributed by atoms with Crippen molar-refractivity contribution in [2.45, 2.75) is 13.0 Å². The number of carbonyl (C=O) groups excluding carboxylic acids is 1. The van der Waals surface area contributed by atoms with E-state index in [1.165, 1.54) is 12.1 Å². The summed E-state index contributed by atoms with van der Waals surface area (Å²) in [7, 11) is 0. The number of benzene rings is 1. The van der Waals surface area contributed by atoms with Gasteiger partial charge in [0.05, 0.1) is 0 Å². The van der Waals surface area contributed by atoms with Crippen molar-refractivity contribution in [3.8, 4) is 0 Å². The van der Waals surface area contributed by atoms with Crippen molar-refractivity contribution in [2.24, 2.45) is 5.73 Å². The molecule has 2 rings (SSSR count). The van der Waals surface area contributed by atoms with Crippen LogP contribution in [0.1, 0.15) is 16.1 Å². The summed E-state index contributed by atoms with van der Waals surface area (Å²) in [6.07, 6.45) is 2.33. The molecule has 0 bridgehead atoms. The Labute approximate surface area is 97.9 Å². The van der Waals surface area contributed by atoms with Gasteiger partial charge in [-0.1, -0.05) is 12.1 Å². The van der Waals surface area contributed by atoms with E-state index in [9.17, 15) is 9.18 Å². The van der Waals surface area contributed by atoms with Gasteiger partial charge in [-0.05, 0) is 30.2 Å². The molecular formula is C12H12FN3O. The number of carbonyl (C=O) groups is 1. The second-order valence-electron chi connectivity index (χ2n) is 3.71. The van der Waals surface area contributed by atoms with Crippen LogP contribution in [-0.2, 0) is 13.0 Å². The highest BCUT2D eigenvalue weighted by Crippen LogP contribution is 2.05. The van der Waals surface area contributed by atoms with E-state index < -0.39 is 5.91 Å². The van der Waals surface area contributed by atoms with Gasteiger partial charge in [0, 0.05) is 12.7 Å². The molecule has 17 heavy (non-hydrogen) atoms. The second-order valence-corrected chi connectivity index (χ2v) is 3.71. The molecule has 1 aromatic heterocycles. The van der Waals surface area contributed by atoms with Crippen molar-refractivity contribution in [2.75, 3.05) is 0 Å². The standard InChI is InChI=1S/C12H12FN3O/c13-10-3-1-2-9(8-10)4-6-16-7-5-11(15-16)12(14)17/h1-3,5,7-8H,4,6H2,(H2,14,17). The molecule has 0 aliphatic rings. The second kappa shape index (κ2) is 4.78. The number of hydrogen-bond acceptors (Lipinski definition) is 2. The summed E-state index contributed by atoms with van der Waals surface area (Å²) in [5.74, 6) is -0.796. The van der Waals surface area contributed by atoms with Crippen molar-refractivity contribution in [1.29, 1.82) is 0 Å². The summed E-state index contributed by atoms with van der Waals surface area (Å²) in [5, 5.41) is 4.00. The molecule has 0 fully saturated rings. The van der Waals surface area contributed by atoms with Crippen molar-refractivity contribution in [3.63, 3.8) is 0 Å². The summed E-state index contributed by atoms with van der Waals surface area (Å²) < 4.78 is 14.5. The van der Waals surface area contributed by atoms with E-state index in [1.807, 2.05) is 6.07 Å². The molecule has 0 unspecified atom stereocenters. The number of hydrogen-bond donors (Lipinski definition) is 1. The zero-order chi connectivity index (χ0) is 12.3. The fraction of sp³-hybridized carbons (Fsp3) is 0.167. The Hall–Kier alpha value is -2.17. The molecule has 4 nitrogen and oxygen atoms in total. The average molecular weight is 233 g/mol. The molecule has 1 amide bonds. The van der Waals surface area contributed by atoms with Gasteiger partial charge in [-0.2, -0.15) is 5.10 Å². The molecule has 0 spiro atoms. The molecule has 88 valence electrons. The normalized spacial score (nSPS) is 10.4. The van der Waals surface area contributed by atoms with Crippen molar-refractivity contribution >= 4 is 5.91 Å². The summed E-state index contributed by atoms with van der Waals surface area (Å²) in [5.41, 5.74) is 6.22. The quantitative estimate of drug-likeness (QED) is 0.866. The number of halogens is 1. The van der Waals surface area contributed by atoms with Gasteiger partial charge in [0.25, 0.3) is 5.91 Å². The third-order valence-corrected chi connectivity index (χ3v) is 2.41. The van der Waals surface area contributed by atoms with Crippen molar-refractivity contribution < 1.29 is 9.18 Å². The maximum atomic E-state index is 12.9. The summed E-state index contributed by atoms with van der Waals surface area (Å²) in [6.45, 7) is 0.580. The monoisotopic (exact) mass is 233 g/mol. The average Bonchev–Trinajstić information content (AvgIpc) is 2.75. The molecule has 1 aromatic carbocycles. The fourth-order valence-electron chi connectivity index (χ4n) is 1.55. The number of nitrogens with zero attached hydrogens (tertiary/aromatic N) is 2. The van der Waals surface area contributed by atoms with Gasteiger partial charge in [0.15, 0.2) is 0 Å². The highest BCUT2D eigenvalue weighted by molar-refractivity contribution is 5.90. The van der Waals surface area contributed by atoms with Crippen LogP contribution in [0, 0.1) is 5.82 Å². The van der Waals surface area contributed by atoms with Crippen LogP contribution in [0.3, 0.4) is 0 Å². The lowest BCUT2D eigenvalue weighted by atomic mass is 10.1. The van der Waals surface area contributed by atoms with Gasteiger partial charge in [-0.15, -0.1) is 0 Å². The van der Waals surface area contributed by atoms with Gasteiger partial charge < -0.3 is 5.73 Å². The molecule has 2 N–H and O–H groups in total. The Morgan fingerprint density at radius 1 is 1.41 bits per heavy atom. The Morgan fingerprint density at radius 3 is 2.88 bits per heavy atom. The van der Waals surface area contributed by atoms with Crippen molar-refractivity contribution in [3.05, 3.63) is 53.6 Å². The lowest BCUT2D eigenvalue weighted by Gasteiger charge is -2.02. The number of aromatic nitrogens is 2. The zero-order valence-electron chi connectivity index (χ0n) is 9.14. The topological polar surface area (TPSA) is 60.9 Å². The number of aryl methyl sites for hydroxylation is 2. The molecule has 0 aliphatic carbocycles. The lowest BCUT2D eigenvalue weighted by Crippen LogP contribution is -2.13. The predicted molar refractivity (Wildman–Crippen MR) is 60.8 cm³/mol. The SMILES string of the molecule is NC(=O)c1ccn(CCc2cccc(F)c2)n1. The predicted octanol–water partition coefficient (Wildman–Crippen LogP) is 1.36. The third kappa shape index (κ3) is 2.90. The van der Waals surface area contributed by atoms with E-state index in [-0.39, 0.29) is 11.5 Å². The minimum Gasteiger partial charge on any atom is -0.364 e. The third-order valence-electron chi connectivity index (χ3n) is 2.41. The zero-order valence-corrected chi connectivity index (χ0v) is 9.14. The van der Waals surface area contributed by atoms with Crippen LogP contribution in [0.2, 0.25) is 0 Å². The van der Waals surface area contributed by atoms with E-state index in [0.717, 1.165) is 5.56 Å². The minimum absolute atomic E-state index is 0.240. The van der Waals surface area contributed by atoms with Gasteiger partial charge in [-0.25, -0.2) is 4.39 Å². The van der Waals surface area contributed by atoms with E-state index >= 15 is 0 Å². The van der Waals surface area contributed by atoms with E-state index in [4.69, 9.17) is 5.73 Å². The van der Waals surface area contributed by atoms with Crippen molar-refractivity contribution in [1.82, 2.24) is 9.78 Å². The van der Waals surface area contributed by atoms with Gasteiger partial charge in [0.2, 0.25) is 0 Å². The molecule has 0 saturated carbocycles. The van der Waals surface area contributed by atoms with E-state index in [2.05, 4.69) is 5.10 Å². The van der Waals surface area contributed by atoms with Crippen LogP contribution in [0.15, 0.2) is 36.5 Å². The van der Waals surface area contributed by atoms with Crippen LogP contribution in [0.5, 0.6) is 0 Å². The molecule has 0 saturated heterocycles. The highest BCUT2D eigenvalue weighted by atomic mass is 19.1. The first kappa shape index (κ1) is 11.3. The number of rotatable bonds is 4. The van der Waals surface area contributed by atoms with Gasteiger partial charge in [0.1, 0.15) is 11.5 Å². The number of nitrogens with two attached hydrogens (primary N) is 1. The minimum atomic E-state index is -0.547. The molecule has 0 atom stereocenters. The smallest absolute Gasteiger partial charge is 0.269 e. The molecule has 0 aliphatic heterocycles. The van der Waals surface area contributed by atoms with Gasteiger partial charge in [-0.3, -0.25) is 9.48 Å². The first-order chi connectivity index (χ1) is 8.15. The van der Waals surface area contributed by atoms with Crippen LogP contribution in [-0.4, -0.2) is 15.7 Å². The highest BCUT2D eigenvalue weighted by Gasteiger charge is 2.04. The molecule has 0 radical (unpaired) electrons. The van der Waals surface area contributed by atoms with Crippen LogP contribution < -0.4 is 5.73 Å². The Bertz CT molecular complexity index is 536. The molecule has 2 aromatic rings. The van der Waals surface area contributed by atoms with Crippen LogP contribution >= 0.6 is 0 Å². The Balaban J connectivity index is 2.00. The number of primary amides is 1. The number of amides is 1. The molecule has 1 heterocycles. The molecular weight excluding hydrogens is 221 g/mol. The summed E-state index contributed by atoms with van der Waals surface area (Å²) in [4.78, 5) is 10.8. The summed E-state index contributed by atoms with van der Waals surface area (Å²) >= 11 is 0.